The van der Waals surface area contributed by atoms with Crippen molar-refractivity contribution in [3.05, 3.63) is 34.9 Å². The van der Waals surface area contributed by atoms with Crippen LogP contribution in [0.15, 0.2) is 18.2 Å². The molecule has 2 aliphatic rings. The lowest BCUT2D eigenvalue weighted by Gasteiger charge is -2.21. The second kappa shape index (κ2) is 5.11. The molecule has 2 aliphatic carbocycles. The van der Waals surface area contributed by atoms with Gasteiger partial charge in [-0.05, 0) is 48.8 Å². The molecule has 2 heteroatoms. The van der Waals surface area contributed by atoms with E-state index in [4.69, 9.17) is 0 Å². The van der Waals surface area contributed by atoms with Crippen LogP contribution in [0.25, 0.3) is 0 Å². The Morgan fingerprint density at radius 2 is 2.00 bits per heavy atom. The van der Waals surface area contributed by atoms with Crippen LogP contribution in [0, 0.1) is 0 Å². The minimum absolute atomic E-state index is 0.862. The summed E-state index contributed by atoms with van der Waals surface area (Å²) >= 11 is 3.57. The van der Waals surface area contributed by atoms with Gasteiger partial charge in [0.2, 0.25) is 0 Å². The predicted octanol–water partition coefficient (Wildman–Crippen LogP) is 3.53. The van der Waals surface area contributed by atoms with E-state index in [1.807, 2.05) is 0 Å². The first-order valence-electron chi connectivity index (χ1n) is 6.77. The van der Waals surface area contributed by atoms with Crippen LogP contribution in [0.3, 0.4) is 0 Å². The Kier molecular flexibility index (Phi) is 3.53. The fourth-order valence-corrected chi connectivity index (χ4v) is 3.35. The molecule has 3 rings (SSSR count). The van der Waals surface area contributed by atoms with Crippen molar-refractivity contribution in [3.63, 3.8) is 0 Å². The van der Waals surface area contributed by atoms with Crippen molar-refractivity contribution >= 4 is 15.9 Å². The van der Waals surface area contributed by atoms with Crippen LogP contribution in [0.4, 0.5) is 0 Å². The first-order valence-corrected chi connectivity index (χ1v) is 7.89. The number of rotatable bonds is 5. The van der Waals surface area contributed by atoms with Crippen LogP contribution in [0.1, 0.15) is 36.0 Å². The van der Waals surface area contributed by atoms with Gasteiger partial charge in [-0.1, -0.05) is 34.1 Å². The highest BCUT2D eigenvalue weighted by Gasteiger charge is 2.28. The Labute approximate surface area is 112 Å². The summed E-state index contributed by atoms with van der Waals surface area (Å²) in [5.41, 5.74) is 4.71. The number of fused-ring (bicyclic) bond motifs is 1. The Morgan fingerprint density at radius 3 is 2.76 bits per heavy atom. The van der Waals surface area contributed by atoms with Gasteiger partial charge in [-0.2, -0.15) is 0 Å². The average Bonchev–Trinajstić information content (AvgIpc) is 3.07. The van der Waals surface area contributed by atoms with Gasteiger partial charge in [0.05, 0.1) is 0 Å². The van der Waals surface area contributed by atoms with Gasteiger partial charge < -0.3 is 0 Å². The molecule has 1 nitrogen and oxygen atoms in total. The SMILES string of the molecule is BrCCN(Cc1ccc2c(c1)CCC2)C1CC1. The number of nitrogens with zero attached hydrogens (tertiary/aromatic N) is 1. The molecule has 1 aromatic rings. The zero-order valence-electron chi connectivity index (χ0n) is 10.3. The molecule has 1 aromatic carbocycles. The van der Waals surface area contributed by atoms with Crippen molar-refractivity contribution in [3.8, 4) is 0 Å². The molecular weight excluding hydrogens is 274 g/mol. The molecular formula is C15H20BrN. The highest BCUT2D eigenvalue weighted by molar-refractivity contribution is 9.09. The zero-order valence-corrected chi connectivity index (χ0v) is 11.9. The van der Waals surface area contributed by atoms with Gasteiger partial charge in [0.25, 0.3) is 0 Å². The maximum absolute atomic E-state index is 3.57. The molecule has 0 heterocycles. The molecule has 0 radical (unpaired) electrons. The Bertz CT molecular complexity index is 398. The molecule has 0 N–H and O–H groups in total. The molecule has 1 fully saturated rings. The van der Waals surface area contributed by atoms with E-state index in [0.29, 0.717) is 0 Å². The number of aryl methyl sites for hydroxylation is 2. The summed E-state index contributed by atoms with van der Waals surface area (Å²) in [4.78, 5) is 2.63. The second-order valence-corrected chi connectivity index (χ2v) is 6.14. The topological polar surface area (TPSA) is 3.24 Å². The molecule has 17 heavy (non-hydrogen) atoms. The van der Waals surface area contributed by atoms with E-state index in [0.717, 1.165) is 17.9 Å². The van der Waals surface area contributed by atoms with E-state index in [2.05, 4.69) is 39.0 Å². The lowest BCUT2D eigenvalue weighted by molar-refractivity contribution is 0.272. The van der Waals surface area contributed by atoms with E-state index in [1.165, 1.54) is 44.2 Å². The second-order valence-electron chi connectivity index (χ2n) is 5.35. The van der Waals surface area contributed by atoms with Gasteiger partial charge in [-0.3, -0.25) is 4.90 Å². The molecule has 0 unspecified atom stereocenters. The number of alkyl halides is 1. The number of benzene rings is 1. The van der Waals surface area contributed by atoms with Gasteiger partial charge >= 0.3 is 0 Å². The van der Waals surface area contributed by atoms with Gasteiger partial charge in [-0.25, -0.2) is 0 Å². The highest BCUT2D eigenvalue weighted by atomic mass is 79.9. The highest BCUT2D eigenvalue weighted by Crippen LogP contribution is 2.29. The normalized spacial score (nSPS) is 18.7. The number of hydrogen-bond acceptors (Lipinski definition) is 1. The van der Waals surface area contributed by atoms with Crippen LogP contribution in [0.2, 0.25) is 0 Å². The summed E-state index contributed by atoms with van der Waals surface area (Å²) < 4.78 is 0. The summed E-state index contributed by atoms with van der Waals surface area (Å²) in [5, 5.41) is 1.09. The van der Waals surface area contributed by atoms with E-state index in [9.17, 15) is 0 Å². The molecule has 0 bridgehead atoms. The Hall–Kier alpha value is -0.340. The lowest BCUT2D eigenvalue weighted by Crippen LogP contribution is -2.27. The smallest absolute Gasteiger partial charge is 0.0237 e. The monoisotopic (exact) mass is 293 g/mol. The Morgan fingerprint density at radius 1 is 1.18 bits per heavy atom. The van der Waals surface area contributed by atoms with Crippen molar-refractivity contribution in [1.82, 2.24) is 4.90 Å². The van der Waals surface area contributed by atoms with Gasteiger partial charge in [-0.15, -0.1) is 0 Å². The van der Waals surface area contributed by atoms with Crippen LogP contribution in [-0.2, 0) is 19.4 Å². The summed E-state index contributed by atoms with van der Waals surface area (Å²) in [7, 11) is 0. The first-order chi connectivity index (χ1) is 8.36. The third-order valence-electron chi connectivity index (χ3n) is 3.98. The molecule has 0 aromatic heterocycles. The number of halogens is 1. The van der Waals surface area contributed by atoms with Crippen LogP contribution in [-0.4, -0.2) is 22.8 Å². The van der Waals surface area contributed by atoms with Gasteiger partial charge in [0.1, 0.15) is 0 Å². The molecule has 92 valence electrons. The van der Waals surface area contributed by atoms with E-state index < -0.39 is 0 Å². The van der Waals surface area contributed by atoms with Crippen molar-refractivity contribution in [2.45, 2.75) is 44.7 Å². The summed E-state index contributed by atoms with van der Waals surface area (Å²) in [6.07, 6.45) is 6.75. The molecule has 1 saturated carbocycles. The molecule has 0 aliphatic heterocycles. The van der Waals surface area contributed by atoms with E-state index in [1.54, 1.807) is 11.1 Å². The van der Waals surface area contributed by atoms with Crippen molar-refractivity contribution in [2.24, 2.45) is 0 Å². The molecule has 0 spiro atoms. The third kappa shape index (κ3) is 2.74. The first kappa shape index (κ1) is 11.7. The van der Waals surface area contributed by atoms with Crippen LogP contribution in [0.5, 0.6) is 0 Å². The zero-order chi connectivity index (χ0) is 11.7. The third-order valence-corrected chi connectivity index (χ3v) is 4.34. The minimum atomic E-state index is 0.862. The standard InChI is InChI=1S/C15H20BrN/c16-8-9-17(15-6-7-15)11-12-4-5-13-2-1-3-14(13)10-12/h4-5,10,15H,1-3,6-9,11H2. The fraction of sp³-hybridized carbons (Fsp3) is 0.600. The molecule has 0 atom stereocenters. The number of hydrogen-bond donors (Lipinski definition) is 0. The van der Waals surface area contributed by atoms with Crippen molar-refractivity contribution in [2.75, 3.05) is 11.9 Å². The van der Waals surface area contributed by atoms with E-state index >= 15 is 0 Å². The van der Waals surface area contributed by atoms with Crippen LogP contribution < -0.4 is 0 Å². The maximum Gasteiger partial charge on any atom is 0.0237 e. The van der Waals surface area contributed by atoms with Crippen molar-refractivity contribution < 1.29 is 0 Å². The van der Waals surface area contributed by atoms with Crippen molar-refractivity contribution in [1.29, 1.82) is 0 Å². The maximum atomic E-state index is 3.57. The summed E-state index contributed by atoms with van der Waals surface area (Å²) in [5.74, 6) is 0. The largest absolute Gasteiger partial charge is 0.295 e. The fourth-order valence-electron chi connectivity index (χ4n) is 2.90. The predicted molar refractivity (Wildman–Crippen MR) is 75.7 cm³/mol. The average molecular weight is 294 g/mol. The summed E-state index contributed by atoms with van der Waals surface area (Å²) in [6, 6.07) is 8.01. The van der Waals surface area contributed by atoms with E-state index in [-0.39, 0.29) is 0 Å². The lowest BCUT2D eigenvalue weighted by atomic mass is 10.1. The van der Waals surface area contributed by atoms with Crippen LogP contribution >= 0.6 is 15.9 Å². The minimum Gasteiger partial charge on any atom is -0.295 e. The van der Waals surface area contributed by atoms with Gasteiger partial charge in [0.15, 0.2) is 0 Å². The molecule has 0 amide bonds. The Balaban J connectivity index is 1.70. The quantitative estimate of drug-likeness (QED) is 0.751. The van der Waals surface area contributed by atoms with Gasteiger partial charge in [0, 0.05) is 24.5 Å². The summed E-state index contributed by atoms with van der Waals surface area (Å²) in [6.45, 7) is 2.32. The molecule has 0 saturated heterocycles.